The van der Waals surface area contributed by atoms with E-state index in [1.165, 1.54) is 0 Å². The molecular weight excluding hydrogens is 352 g/mol. The standard InChI is InChI=1S/C20H21F2N3O2/c21-20(22)7-6-15-10-14(20)11-25(15)19(26)17-16-12-27-9-8-24(16)18(23-17)13-4-2-1-3-5-13/h1-5,14-15H,6-12H2. The molecule has 7 heteroatoms. The summed E-state index contributed by atoms with van der Waals surface area (Å²) in [5.74, 6) is -2.90. The van der Waals surface area contributed by atoms with Gasteiger partial charge >= 0.3 is 0 Å². The zero-order chi connectivity index (χ0) is 18.6. The minimum Gasteiger partial charge on any atom is -0.373 e. The summed E-state index contributed by atoms with van der Waals surface area (Å²) in [6, 6.07) is 9.62. The van der Waals surface area contributed by atoms with Gasteiger partial charge in [0.05, 0.1) is 18.9 Å². The lowest BCUT2D eigenvalue weighted by Gasteiger charge is -2.28. The van der Waals surface area contributed by atoms with Gasteiger partial charge in [-0.2, -0.15) is 0 Å². The number of nitrogens with zero attached hydrogens (tertiary/aromatic N) is 3. The van der Waals surface area contributed by atoms with Crippen molar-refractivity contribution in [3.63, 3.8) is 0 Å². The van der Waals surface area contributed by atoms with E-state index in [1.807, 2.05) is 34.9 Å². The van der Waals surface area contributed by atoms with Crippen molar-refractivity contribution in [2.45, 2.75) is 44.4 Å². The first-order valence-corrected chi connectivity index (χ1v) is 9.46. The fourth-order valence-electron chi connectivity index (χ4n) is 4.62. The summed E-state index contributed by atoms with van der Waals surface area (Å²) in [6.07, 6.45) is 0.607. The SMILES string of the molecule is O=C(c1nc(-c2ccccc2)n2c1COCC2)N1CC2CC1CCC2(F)F. The molecule has 142 valence electrons. The van der Waals surface area contributed by atoms with E-state index in [0.717, 1.165) is 17.1 Å². The second kappa shape index (κ2) is 6.12. The number of carbonyl (C=O) groups is 1. The Morgan fingerprint density at radius 1 is 1.26 bits per heavy atom. The molecule has 0 radical (unpaired) electrons. The number of alkyl halides is 2. The molecule has 0 spiro atoms. The normalized spacial score (nSPS) is 26.1. The molecule has 1 aliphatic carbocycles. The Labute approximate surface area is 155 Å². The first kappa shape index (κ1) is 16.9. The second-order valence-electron chi connectivity index (χ2n) is 7.64. The summed E-state index contributed by atoms with van der Waals surface area (Å²) >= 11 is 0. The van der Waals surface area contributed by atoms with Crippen LogP contribution in [0.2, 0.25) is 0 Å². The largest absolute Gasteiger partial charge is 0.373 e. The Morgan fingerprint density at radius 3 is 2.85 bits per heavy atom. The van der Waals surface area contributed by atoms with Gasteiger partial charge in [0, 0.05) is 37.0 Å². The molecule has 2 atom stereocenters. The van der Waals surface area contributed by atoms with Crippen LogP contribution in [-0.4, -0.2) is 45.5 Å². The van der Waals surface area contributed by atoms with Gasteiger partial charge < -0.3 is 14.2 Å². The van der Waals surface area contributed by atoms with Gasteiger partial charge in [-0.1, -0.05) is 30.3 Å². The number of imidazole rings is 1. The van der Waals surface area contributed by atoms with Gasteiger partial charge in [-0.25, -0.2) is 13.8 Å². The Balaban J connectivity index is 1.52. The summed E-state index contributed by atoms with van der Waals surface area (Å²) in [6.45, 7) is 1.63. The van der Waals surface area contributed by atoms with Gasteiger partial charge in [-0.3, -0.25) is 4.79 Å². The van der Waals surface area contributed by atoms with Gasteiger partial charge in [0.25, 0.3) is 11.8 Å². The number of aromatic nitrogens is 2. The average Bonchev–Trinajstić information content (AvgIpc) is 3.26. The summed E-state index contributed by atoms with van der Waals surface area (Å²) in [5, 5.41) is 0. The van der Waals surface area contributed by atoms with Gasteiger partial charge in [0.1, 0.15) is 5.82 Å². The average molecular weight is 373 g/mol. The number of rotatable bonds is 2. The molecule has 2 unspecified atom stereocenters. The van der Waals surface area contributed by atoms with E-state index >= 15 is 0 Å². The maximum atomic E-state index is 14.1. The van der Waals surface area contributed by atoms with Crippen LogP contribution in [0, 0.1) is 5.92 Å². The van der Waals surface area contributed by atoms with Crippen LogP contribution in [-0.2, 0) is 17.9 Å². The third kappa shape index (κ3) is 2.67. The smallest absolute Gasteiger partial charge is 0.274 e. The minimum atomic E-state index is -2.67. The highest BCUT2D eigenvalue weighted by Gasteiger charge is 2.52. The third-order valence-electron chi connectivity index (χ3n) is 6.09. The Bertz CT molecular complexity index is 881. The number of ether oxygens (including phenoxy) is 1. The van der Waals surface area contributed by atoms with Crippen molar-refractivity contribution < 1.29 is 18.3 Å². The molecule has 1 aromatic heterocycles. The molecule has 2 fully saturated rings. The van der Waals surface area contributed by atoms with Crippen LogP contribution < -0.4 is 0 Å². The summed E-state index contributed by atoms with van der Waals surface area (Å²) in [7, 11) is 0. The number of amides is 1. The van der Waals surface area contributed by atoms with E-state index < -0.39 is 11.8 Å². The van der Waals surface area contributed by atoms with E-state index in [4.69, 9.17) is 4.74 Å². The number of benzene rings is 1. The highest BCUT2D eigenvalue weighted by molar-refractivity contribution is 5.95. The van der Waals surface area contributed by atoms with E-state index in [-0.39, 0.29) is 24.9 Å². The van der Waals surface area contributed by atoms with Crippen LogP contribution >= 0.6 is 0 Å². The number of hydrogen-bond acceptors (Lipinski definition) is 3. The molecule has 3 heterocycles. The van der Waals surface area contributed by atoms with E-state index in [9.17, 15) is 13.6 Å². The number of hydrogen-bond donors (Lipinski definition) is 0. The highest BCUT2D eigenvalue weighted by Crippen LogP contribution is 2.45. The Hall–Kier alpha value is -2.28. The van der Waals surface area contributed by atoms with E-state index in [0.29, 0.717) is 38.3 Å². The molecule has 1 aromatic carbocycles. The minimum absolute atomic E-state index is 0.107. The quantitative estimate of drug-likeness (QED) is 0.811. The zero-order valence-electron chi connectivity index (χ0n) is 14.9. The van der Waals surface area contributed by atoms with Crippen molar-refractivity contribution >= 4 is 5.91 Å². The van der Waals surface area contributed by atoms with Crippen molar-refractivity contribution in [1.82, 2.24) is 14.5 Å². The Kier molecular flexibility index (Phi) is 3.82. The lowest BCUT2D eigenvalue weighted by Crippen LogP contribution is -2.36. The fraction of sp³-hybridized carbons (Fsp3) is 0.500. The first-order valence-electron chi connectivity index (χ1n) is 9.46. The van der Waals surface area contributed by atoms with Gasteiger partial charge in [0.2, 0.25) is 0 Å². The van der Waals surface area contributed by atoms with E-state index in [2.05, 4.69) is 4.98 Å². The second-order valence-corrected chi connectivity index (χ2v) is 7.64. The Morgan fingerprint density at radius 2 is 2.07 bits per heavy atom. The molecule has 2 bridgehead atoms. The molecule has 5 rings (SSSR count). The van der Waals surface area contributed by atoms with Crippen molar-refractivity contribution in [3.8, 4) is 11.4 Å². The number of likely N-dealkylation sites (tertiary alicyclic amines) is 1. The van der Waals surface area contributed by atoms with Gasteiger partial charge in [-0.15, -0.1) is 0 Å². The zero-order valence-corrected chi connectivity index (χ0v) is 14.9. The molecular formula is C20H21F2N3O2. The lowest BCUT2D eigenvalue weighted by atomic mass is 9.87. The lowest BCUT2D eigenvalue weighted by molar-refractivity contribution is -0.0709. The molecule has 2 aliphatic heterocycles. The predicted octanol–water partition coefficient (Wildman–Crippen LogP) is 3.34. The molecule has 3 aliphatic rings. The highest BCUT2D eigenvalue weighted by atomic mass is 19.3. The molecule has 27 heavy (non-hydrogen) atoms. The summed E-state index contributed by atoms with van der Waals surface area (Å²) in [5.41, 5.74) is 2.04. The summed E-state index contributed by atoms with van der Waals surface area (Å²) in [4.78, 5) is 19.6. The van der Waals surface area contributed by atoms with Crippen LogP contribution in [0.5, 0.6) is 0 Å². The third-order valence-corrected chi connectivity index (χ3v) is 6.09. The van der Waals surface area contributed by atoms with Crippen LogP contribution in [0.3, 0.4) is 0 Å². The van der Waals surface area contributed by atoms with Crippen molar-refractivity contribution in [2.24, 2.45) is 5.92 Å². The van der Waals surface area contributed by atoms with Gasteiger partial charge in [0.15, 0.2) is 5.69 Å². The maximum Gasteiger partial charge on any atom is 0.274 e. The first-order chi connectivity index (χ1) is 13.0. The molecule has 1 amide bonds. The molecule has 1 saturated heterocycles. The van der Waals surface area contributed by atoms with Crippen molar-refractivity contribution in [1.29, 1.82) is 0 Å². The van der Waals surface area contributed by atoms with Crippen LogP contribution in [0.1, 0.15) is 35.4 Å². The molecule has 5 nitrogen and oxygen atoms in total. The van der Waals surface area contributed by atoms with Crippen molar-refractivity contribution in [3.05, 3.63) is 41.7 Å². The molecule has 2 aromatic rings. The van der Waals surface area contributed by atoms with Crippen molar-refractivity contribution in [2.75, 3.05) is 13.2 Å². The number of halogens is 2. The van der Waals surface area contributed by atoms with Crippen LogP contribution in [0.15, 0.2) is 30.3 Å². The predicted molar refractivity (Wildman–Crippen MR) is 94.4 cm³/mol. The summed E-state index contributed by atoms with van der Waals surface area (Å²) < 4.78 is 35.7. The van der Waals surface area contributed by atoms with Crippen LogP contribution in [0.25, 0.3) is 11.4 Å². The fourth-order valence-corrected chi connectivity index (χ4v) is 4.62. The van der Waals surface area contributed by atoms with Crippen LogP contribution in [0.4, 0.5) is 8.78 Å². The molecule has 1 saturated carbocycles. The van der Waals surface area contributed by atoms with E-state index in [1.54, 1.807) is 4.90 Å². The maximum absolute atomic E-state index is 14.1. The monoisotopic (exact) mass is 373 g/mol. The van der Waals surface area contributed by atoms with Gasteiger partial charge in [-0.05, 0) is 12.8 Å². The number of fused-ring (bicyclic) bond motifs is 3. The number of carbonyl (C=O) groups excluding carboxylic acids is 1. The molecule has 0 N–H and O–H groups in total. The topological polar surface area (TPSA) is 47.4 Å².